The zero-order valence-corrected chi connectivity index (χ0v) is 20.0. The van der Waals surface area contributed by atoms with Crippen molar-refractivity contribution in [2.45, 2.75) is 28.7 Å². The third-order valence-corrected chi connectivity index (χ3v) is 9.25. The van der Waals surface area contributed by atoms with E-state index in [-0.39, 0.29) is 17.9 Å². The molecule has 0 spiro atoms. The molecule has 2 fully saturated rings. The molecule has 1 aromatic carbocycles. The maximum Gasteiger partial charge on any atom is 0.242 e. The Morgan fingerprint density at radius 3 is 2.38 bits per heavy atom. The smallest absolute Gasteiger partial charge is 0.242 e. The predicted octanol–water partition coefficient (Wildman–Crippen LogP) is -2.47. The van der Waals surface area contributed by atoms with E-state index < -0.39 is 42.5 Å². The Morgan fingerprint density at radius 2 is 1.85 bits per heavy atom. The first kappa shape index (κ1) is 24.9. The van der Waals surface area contributed by atoms with Gasteiger partial charge in [0.1, 0.15) is 9.79 Å². The van der Waals surface area contributed by atoms with Crippen molar-refractivity contribution in [2.75, 3.05) is 37.6 Å². The minimum absolute atomic E-state index is 0.0518. The van der Waals surface area contributed by atoms with Crippen molar-refractivity contribution in [3.8, 4) is 11.4 Å². The summed E-state index contributed by atoms with van der Waals surface area (Å²) in [6.07, 6.45) is 0.883. The molecule has 1 saturated carbocycles. The summed E-state index contributed by atoms with van der Waals surface area (Å²) in [4.78, 5) is 0.786. The molecule has 2 aliphatic rings. The molecule has 2 aromatic rings. The summed E-state index contributed by atoms with van der Waals surface area (Å²) in [7, 11) is -8.99. The van der Waals surface area contributed by atoms with E-state index in [0.717, 1.165) is 12.8 Å². The van der Waals surface area contributed by atoms with Crippen molar-refractivity contribution >= 4 is 25.7 Å². The van der Waals surface area contributed by atoms with Crippen LogP contribution in [0.25, 0.3) is 11.4 Å². The minimum atomic E-state index is -4.58. The van der Waals surface area contributed by atoms with Crippen LogP contribution in [0.15, 0.2) is 21.9 Å². The summed E-state index contributed by atoms with van der Waals surface area (Å²) in [5.74, 6) is 0.956. The van der Waals surface area contributed by atoms with Crippen molar-refractivity contribution in [1.82, 2.24) is 25.3 Å². The number of benzene rings is 1. The van der Waals surface area contributed by atoms with Crippen LogP contribution in [0, 0.1) is 17.8 Å². The number of piperidine rings is 1. The number of H-pyrrole nitrogens is 1. The monoisotopic (exact) mass is 515 g/mol. The topological polar surface area (TPSA) is 236 Å². The molecule has 16 heteroatoms. The molecule has 34 heavy (non-hydrogen) atoms. The second kappa shape index (κ2) is 9.44. The van der Waals surface area contributed by atoms with Gasteiger partial charge in [-0.1, -0.05) is 0 Å². The van der Waals surface area contributed by atoms with Crippen molar-refractivity contribution in [2.24, 2.45) is 34.4 Å². The first-order chi connectivity index (χ1) is 16.1. The largest absolute Gasteiger partial charge is 0.390 e. The molecule has 9 N–H and O–H groups in total. The van der Waals surface area contributed by atoms with Crippen LogP contribution in [0.2, 0.25) is 0 Å². The zero-order valence-electron chi connectivity index (χ0n) is 18.3. The Morgan fingerprint density at radius 1 is 1.18 bits per heavy atom. The number of aromatic nitrogens is 4. The molecule has 1 aromatic heterocycles. The minimum Gasteiger partial charge on any atom is -0.390 e. The highest BCUT2D eigenvalue weighted by Crippen LogP contribution is 2.45. The molecular formula is C18H29N9O5S2. The number of hydrogen-bond donors (Lipinski definition) is 6. The number of fused-ring (bicyclic) bond motifs is 2. The summed E-state index contributed by atoms with van der Waals surface area (Å²) in [5, 5.41) is 28.9. The molecule has 14 nitrogen and oxygen atoms in total. The lowest BCUT2D eigenvalue weighted by Gasteiger charge is -2.39. The predicted molar refractivity (Wildman–Crippen MR) is 122 cm³/mol. The van der Waals surface area contributed by atoms with E-state index in [1.165, 1.54) is 12.1 Å². The molecule has 2 bridgehead atoms. The second-order valence-corrected chi connectivity index (χ2v) is 11.9. The Bertz CT molecular complexity index is 1220. The number of rotatable bonds is 9. The van der Waals surface area contributed by atoms with E-state index in [9.17, 15) is 21.9 Å². The summed E-state index contributed by atoms with van der Waals surface area (Å²) in [5.41, 5.74) is 11.7. The highest BCUT2D eigenvalue weighted by atomic mass is 32.2. The third-order valence-electron chi connectivity index (χ3n) is 6.67. The standard InChI is InChI=1S/C18H29N9O5S2/c19-5-12(28)7-22-34(31,32)15-4-3-14(27-8-10-1-2-11(9-27)13(10)6-20)16(17(15)33(21,29)30)18-23-25-26-24-18/h3-4,10-13,22,28H,1-2,5-9,19-20H2,(H2,21,29,30)(H,23,24,25,26)/t10-,11+,12-,13-/m1/s1. The average molecular weight is 516 g/mol. The van der Waals surface area contributed by atoms with Crippen LogP contribution >= 0.6 is 0 Å². The van der Waals surface area contributed by atoms with E-state index in [0.29, 0.717) is 43.1 Å². The highest BCUT2D eigenvalue weighted by Gasteiger charge is 2.42. The molecule has 0 unspecified atom stereocenters. The normalized spacial score (nSPS) is 23.9. The van der Waals surface area contributed by atoms with Gasteiger partial charge >= 0.3 is 0 Å². The van der Waals surface area contributed by atoms with Crippen LogP contribution in [-0.2, 0) is 20.0 Å². The Labute approximate surface area is 197 Å². The summed E-state index contributed by atoms with van der Waals surface area (Å²) in [6, 6.07) is 2.71. The SMILES string of the molecule is NC[C@@H](O)CNS(=O)(=O)c1ccc(N2C[C@H]3CC[C@@H](C2)[C@@H]3CN)c(-c2nn[nH]n2)c1S(N)(=O)=O. The zero-order chi connectivity index (χ0) is 24.7. The van der Waals surface area contributed by atoms with Crippen LogP contribution < -0.4 is 26.2 Å². The van der Waals surface area contributed by atoms with Crippen molar-refractivity contribution < 1.29 is 21.9 Å². The first-order valence-corrected chi connectivity index (χ1v) is 13.9. The lowest BCUT2D eigenvalue weighted by atomic mass is 9.85. The van der Waals surface area contributed by atoms with Crippen molar-refractivity contribution in [1.29, 1.82) is 0 Å². The number of anilines is 1. The molecule has 188 valence electrons. The van der Waals surface area contributed by atoms with E-state index in [4.69, 9.17) is 16.6 Å². The fourth-order valence-corrected chi connectivity index (χ4v) is 7.75. The van der Waals surface area contributed by atoms with Crippen LogP contribution in [0.4, 0.5) is 5.69 Å². The molecule has 1 aliphatic carbocycles. The number of sulfonamides is 2. The van der Waals surface area contributed by atoms with Crippen LogP contribution in [0.1, 0.15) is 12.8 Å². The highest BCUT2D eigenvalue weighted by molar-refractivity contribution is 7.92. The Balaban J connectivity index is 1.87. The van der Waals surface area contributed by atoms with E-state index in [1.807, 2.05) is 4.90 Å². The van der Waals surface area contributed by atoms with Gasteiger partial charge in [-0.3, -0.25) is 0 Å². The van der Waals surface area contributed by atoms with Gasteiger partial charge in [0.15, 0.2) is 0 Å². The van der Waals surface area contributed by atoms with Gasteiger partial charge in [-0.2, -0.15) is 5.21 Å². The lowest BCUT2D eigenvalue weighted by molar-refractivity contribution is 0.186. The van der Waals surface area contributed by atoms with E-state index >= 15 is 0 Å². The van der Waals surface area contributed by atoms with Crippen LogP contribution in [0.5, 0.6) is 0 Å². The first-order valence-electron chi connectivity index (χ1n) is 10.8. The number of hydrogen-bond acceptors (Lipinski definition) is 11. The number of tetrazole rings is 1. The van der Waals surface area contributed by atoms with Crippen LogP contribution in [0.3, 0.4) is 0 Å². The summed E-state index contributed by atoms with van der Waals surface area (Å²) in [6.45, 7) is 1.25. The number of aromatic amines is 1. The maximum absolute atomic E-state index is 13.1. The van der Waals surface area contributed by atoms with Crippen molar-refractivity contribution in [3.05, 3.63) is 12.1 Å². The third kappa shape index (κ3) is 4.66. The molecule has 0 amide bonds. The quantitative estimate of drug-likeness (QED) is 0.205. The van der Waals surface area contributed by atoms with Gasteiger partial charge in [0.05, 0.1) is 11.7 Å². The number of nitrogens with two attached hydrogens (primary N) is 3. The average Bonchev–Trinajstić information content (AvgIpc) is 3.41. The molecule has 1 saturated heterocycles. The number of primary sulfonamides is 1. The second-order valence-electron chi connectivity index (χ2n) is 8.71. The van der Waals surface area contributed by atoms with Gasteiger partial charge < -0.3 is 21.5 Å². The Hall–Kier alpha value is -2.21. The summed E-state index contributed by atoms with van der Waals surface area (Å²) >= 11 is 0. The molecule has 0 radical (unpaired) electrons. The molecule has 4 atom stereocenters. The van der Waals surface area contributed by atoms with Gasteiger partial charge in [0.25, 0.3) is 0 Å². The summed E-state index contributed by atoms with van der Waals surface area (Å²) < 4.78 is 53.8. The fourth-order valence-electron chi connectivity index (χ4n) is 5.08. The molecular weight excluding hydrogens is 486 g/mol. The molecule has 1 aliphatic heterocycles. The van der Waals surface area contributed by atoms with E-state index in [2.05, 4.69) is 25.3 Å². The van der Waals surface area contributed by atoms with Gasteiger partial charge in [-0.25, -0.2) is 26.7 Å². The number of nitrogens with zero attached hydrogens (tertiary/aromatic N) is 4. The van der Waals surface area contributed by atoms with Gasteiger partial charge in [-0.15, -0.1) is 10.2 Å². The van der Waals surface area contributed by atoms with Gasteiger partial charge in [0.2, 0.25) is 25.9 Å². The Kier molecular flexibility index (Phi) is 6.92. The number of aliphatic hydroxyl groups is 1. The van der Waals surface area contributed by atoms with Gasteiger partial charge in [0, 0.05) is 31.9 Å². The number of aliphatic hydroxyl groups excluding tert-OH is 1. The van der Waals surface area contributed by atoms with Crippen molar-refractivity contribution in [3.63, 3.8) is 0 Å². The van der Waals surface area contributed by atoms with E-state index in [1.54, 1.807) is 0 Å². The fraction of sp³-hybridized carbons (Fsp3) is 0.611. The number of nitrogens with one attached hydrogen (secondary N) is 2. The maximum atomic E-state index is 13.1. The van der Waals surface area contributed by atoms with Crippen LogP contribution in [-0.4, -0.2) is 81.4 Å². The molecule has 2 heterocycles. The lowest BCUT2D eigenvalue weighted by Crippen LogP contribution is -2.44. The van der Waals surface area contributed by atoms with Gasteiger partial charge in [-0.05, 0) is 54.5 Å². The molecule has 4 rings (SSSR count).